The third-order valence-corrected chi connectivity index (χ3v) is 3.70. The van der Waals surface area contributed by atoms with E-state index in [2.05, 4.69) is 10.6 Å². The highest BCUT2D eigenvalue weighted by Crippen LogP contribution is 2.10. The largest absolute Gasteiger partial charge is 0.352 e. The summed E-state index contributed by atoms with van der Waals surface area (Å²) in [6, 6.07) is 13.9. The molecule has 4 N–H and O–H groups in total. The zero-order valence-corrected chi connectivity index (χ0v) is 14.0. The van der Waals surface area contributed by atoms with Crippen molar-refractivity contribution in [2.24, 2.45) is 5.73 Å². The van der Waals surface area contributed by atoms with E-state index in [0.717, 1.165) is 5.56 Å². The van der Waals surface area contributed by atoms with Crippen LogP contribution in [0.1, 0.15) is 32.7 Å². The van der Waals surface area contributed by atoms with Crippen LogP contribution in [-0.4, -0.2) is 24.9 Å². The van der Waals surface area contributed by atoms with Crippen LogP contribution in [0.25, 0.3) is 0 Å². The molecule has 0 aromatic heterocycles. The van der Waals surface area contributed by atoms with Crippen LogP contribution < -0.4 is 16.4 Å². The van der Waals surface area contributed by atoms with Gasteiger partial charge in [-0.15, -0.1) is 0 Å². The van der Waals surface area contributed by atoms with Crippen LogP contribution in [0.2, 0.25) is 5.02 Å². The van der Waals surface area contributed by atoms with Gasteiger partial charge in [-0.05, 0) is 42.3 Å². The van der Waals surface area contributed by atoms with Crippen molar-refractivity contribution in [1.82, 2.24) is 10.6 Å². The fourth-order valence-electron chi connectivity index (χ4n) is 2.12. The van der Waals surface area contributed by atoms with Gasteiger partial charge in [-0.2, -0.15) is 0 Å². The van der Waals surface area contributed by atoms with Gasteiger partial charge in [-0.25, -0.2) is 0 Å². The van der Waals surface area contributed by atoms with Gasteiger partial charge in [0.1, 0.15) is 0 Å². The van der Waals surface area contributed by atoms with Gasteiger partial charge in [0, 0.05) is 35.8 Å². The molecule has 126 valence electrons. The third-order valence-electron chi connectivity index (χ3n) is 3.46. The number of carbonyl (C=O) groups excluding carboxylic acids is 2. The fourth-order valence-corrected chi connectivity index (χ4v) is 2.31. The molecule has 2 amide bonds. The number of carbonyl (C=O) groups is 2. The van der Waals surface area contributed by atoms with Crippen molar-refractivity contribution in [3.8, 4) is 0 Å². The molecular formula is C18H20ClN3O2. The highest BCUT2D eigenvalue weighted by Gasteiger charge is 2.06. The number of hydrogen-bond donors (Lipinski definition) is 3. The van der Waals surface area contributed by atoms with Crippen LogP contribution in [0, 0.1) is 0 Å². The second-order valence-corrected chi connectivity index (χ2v) is 5.71. The normalized spacial score (nSPS) is 10.2. The summed E-state index contributed by atoms with van der Waals surface area (Å²) >= 11 is 5.85. The SMILES string of the molecule is NCc1ccc(C(=O)NCCCNC(=O)c2cccc(Cl)c2)cc1. The van der Waals surface area contributed by atoms with E-state index in [4.69, 9.17) is 17.3 Å². The number of halogens is 1. The number of nitrogens with two attached hydrogens (primary N) is 1. The van der Waals surface area contributed by atoms with Gasteiger partial charge in [0.15, 0.2) is 0 Å². The van der Waals surface area contributed by atoms with Crippen molar-refractivity contribution < 1.29 is 9.59 Å². The van der Waals surface area contributed by atoms with E-state index in [-0.39, 0.29) is 11.8 Å². The summed E-state index contributed by atoms with van der Waals surface area (Å²) in [5.74, 6) is -0.319. The molecule has 0 fully saturated rings. The molecule has 0 radical (unpaired) electrons. The first kappa shape index (κ1) is 18.0. The average Bonchev–Trinajstić information content (AvgIpc) is 2.61. The van der Waals surface area contributed by atoms with Gasteiger partial charge in [0.05, 0.1) is 0 Å². The van der Waals surface area contributed by atoms with E-state index in [1.807, 2.05) is 12.1 Å². The number of amides is 2. The molecule has 24 heavy (non-hydrogen) atoms. The summed E-state index contributed by atoms with van der Waals surface area (Å²) in [4.78, 5) is 23.9. The molecule has 0 aliphatic heterocycles. The Bertz CT molecular complexity index is 702. The minimum Gasteiger partial charge on any atom is -0.352 e. The van der Waals surface area contributed by atoms with Crippen LogP contribution in [0.3, 0.4) is 0 Å². The lowest BCUT2D eigenvalue weighted by atomic mass is 10.1. The maximum Gasteiger partial charge on any atom is 0.251 e. The smallest absolute Gasteiger partial charge is 0.251 e. The molecule has 0 heterocycles. The molecule has 0 atom stereocenters. The maximum atomic E-state index is 12.0. The Morgan fingerprint density at radius 1 is 0.917 bits per heavy atom. The van der Waals surface area contributed by atoms with Crippen LogP contribution in [0.15, 0.2) is 48.5 Å². The molecule has 0 saturated heterocycles. The van der Waals surface area contributed by atoms with Gasteiger partial charge in [-0.3, -0.25) is 9.59 Å². The Balaban J connectivity index is 1.69. The Morgan fingerprint density at radius 2 is 1.54 bits per heavy atom. The maximum absolute atomic E-state index is 12.0. The van der Waals surface area contributed by atoms with E-state index < -0.39 is 0 Å². The van der Waals surface area contributed by atoms with Gasteiger partial charge in [0.2, 0.25) is 0 Å². The Labute approximate surface area is 146 Å². The van der Waals surface area contributed by atoms with Crippen molar-refractivity contribution in [2.75, 3.05) is 13.1 Å². The van der Waals surface area contributed by atoms with E-state index in [0.29, 0.717) is 42.2 Å². The quantitative estimate of drug-likeness (QED) is 0.673. The molecule has 0 unspecified atom stereocenters. The second-order valence-electron chi connectivity index (χ2n) is 5.28. The molecule has 0 bridgehead atoms. The van der Waals surface area contributed by atoms with Crippen LogP contribution >= 0.6 is 11.6 Å². The molecule has 2 aromatic rings. The average molecular weight is 346 g/mol. The minimum absolute atomic E-state index is 0.139. The topological polar surface area (TPSA) is 84.2 Å². The van der Waals surface area contributed by atoms with E-state index >= 15 is 0 Å². The van der Waals surface area contributed by atoms with Crippen LogP contribution in [-0.2, 0) is 6.54 Å². The predicted molar refractivity (Wildman–Crippen MR) is 95.1 cm³/mol. The van der Waals surface area contributed by atoms with Crippen molar-refractivity contribution in [3.63, 3.8) is 0 Å². The lowest BCUT2D eigenvalue weighted by Crippen LogP contribution is -2.29. The third kappa shape index (κ3) is 5.37. The standard InChI is InChI=1S/C18H20ClN3O2/c19-16-4-1-3-15(11-16)18(24)22-10-2-9-21-17(23)14-7-5-13(12-20)6-8-14/h1,3-8,11H,2,9-10,12,20H2,(H,21,23)(H,22,24). The van der Waals surface area contributed by atoms with Gasteiger partial charge >= 0.3 is 0 Å². The Hall–Kier alpha value is -2.37. The number of nitrogens with one attached hydrogen (secondary N) is 2. The van der Waals surface area contributed by atoms with E-state index in [9.17, 15) is 9.59 Å². The number of rotatable bonds is 7. The summed E-state index contributed by atoms with van der Waals surface area (Å²) < 4.78 is 0. The number of benzene rings is 2. The van der Waals surface area contributed by atoms with Gasteiger partial charge < -0.3 is 16.4 Å². The molecule has 2 rings (SSSR count). The van der Waals surface area contributed by atoms with Crippen molar-refractivity contribution >= 4 is 23.4 Å². The number of hydrogen-bond acceptors (Lipinski definition) is 3. The summed E-state index contributed by atoms with van der Waals surface area (Å²) in [5, 5.41) is 6.13. The van der Waals surface area contributed by atoms with E-state index in [1.54, 1.807) is 36.4 Å². The Morgan fingerprint density at radius 3 is 2.12 bits per heavy atom. The molecule has 6 heteroatoms. The van der Waals surface area contributed by atoms with Crippen molar-refractivity contribution in [2.45, 2.75) is 13.0 Å². The first-order valence-corrected chi connectivity index (χ1v) is 8.09. The van der Waals surface area contributed by atoms with Gasteiger partial charge in [-0.1, -0.05) is 29.8 Å². The summed E-state index contributed by atoms with van der Waals surface area (Å²) in [6.45, 7) is 1.40. The summed E-state index contributed by atoms with van der Waals surface area (Å²) in [6.07, 6.45) is 0.638. The summed E-state index contributed by atoms with van der Waals surface area (Å²) in [5.41, 5.74) is 7.62. The van der Waals surface area contributed by atoms with Crippen molar-refractivity contribution in [1.29, 1.82) is 0 Å². The molecule has 0 saturated carbocycles. The lowest BCUT2D eigenvalue weighted by molar-refractivity contribution is 0.0951. The van der Waals surface area contributed by atoms with E-state index in [1.165, 1.54) is 0 Å². The van der Waals surface area contributed by atoms with Gasteiger partial charge in [0.25, 0.3) is 11.8 Å². The highest BCUT2D eigenvalue weighted by molar-refractivity contribution is 6.30. The summed E-state index contributed by atoms with van der Waals surface area (Å²) in [7, 11) is 0. The first-order valence-electron chi connectivity index (χ1n) is 7.71. The van der Waals surface area contributed by atoms with Crippen LogP contribution in [0.5, 0.6) is 0 Å². The van der Waals surface area contributed by atoms with Crippen LogP contribution in [0.4, 0.5) is 0 Å². The fraction of sp³-hybridized carbons (Fsp3) is 0.222. The molecule has 0 spiro atoms. The molecule has 0 aliphatic carbocycles. The zero-order valence-electron chi connectivity index (χ0n) is 13.2. The monoisotopic (exact) mass is 345 g/mol. The molecular weight excluding hydrogens is 326 g/mol. The first-order chi connectivity index (χ1) is 11.6. The zero-order chi connectivity index (χ0) is 17.4. The second kappa shape index (κ2) is 9.05. The lowest BCUT2D eigenvalue weighted by Gasteiger charge is -2.07. The minimum atomic E-state index is -0.179. The van der Waals surface area contributed by atoms with Crippen molar-refractivity contribution in [3.05, 3.63) is 70.2 Å². The predicted octanol–water partition coefficient (Wildman–Crippen LogP) is 2.35. The highest BCUT2D eigenvalue weighted by atomic mass is 35.5. The molecule has 2 aromatic carbocycles. The molecule has 5 nitrogen and oxygen atoms in total. The Kier molecular flexibility index (Phi) is 6.78. The molecule has 0 aliphatic rings.